The molecule has 0 aliphatic rings. The topological polar surface area (TPSA) is 121 Å². The Morgan fingerprint density at radius 2 is 2.19 bits per heavy atom. The van der Waals surface area contributed by atoms with E-state index in [1.807, 2.05) is 12.1 Å². The van der Waals surface area contributed by atoms with E-state index >= 15 is 0 Å². The van der Waals surface area contributed by atoms with Gasteiger partial charge in [0.25, 0.3) is 11.5 Å². The van der Waals surface area contributed by atoms with E-state index < -0.39 is 0 Å². The molecule has 0 aliphatic carbocycles. The van der Waals surface area contributed by atoms with E-state index in [0.29, 0.717) is 24.5 Å². The zero-order chi connectivity index (χ0) is 14.5. The molecule has 1 aromatic carbocycles. The summed E-state index contributed by atoms with van der Waals surface area (Å²) in [6.07, 6.45) is 3.00. The highest BCUT2D eigenvalue weighted by Gasteiger charge is 2.01. The summed E-state index contributed by atoms with van der Waals surface area (Å²) in [5, 5.41) is 16.5. The molecule has 0 saturated heterocycles. The second kappa shape index (κ2) is 6.01. The number of hydrogen-bond donors (Lipinski definition) is 4. The van der Waals surface area contributed by atoms with Crippen LogP contribution >= 0.6 is 0 Å². The summed E-state index contributed by atoms with van der Waals surface area (Å²) in [7, 11) is 0. The lowest BCUT2D eigenvalue weighted by atomic mass is 10.2. The van der Waals surface area contributed by atoms with Gasteiger partial charge in [0.1, 0.15) is 0 Å². The molecule has 0 radical (unpaired) electrons. The number of aromatic amines is 2. The van der Waals surface area contributed by atoms with Gasteiger partial charge in [-0.3, -0.25) is 19.8 Å². The van der Waals surface area contributed by atoms with Gasteiger partial charge >= 0.3 is 0 Å². The minimum Gasteiger partial charge on any atom is -0.383 e. The predicted octanol–water partition coefficient (Wildman–Crippen LogP) is 0.497. The number of H-pyrrole nitrogens is 2. The second-order valence-electron chi connectivity index (χ2n) is 4.18. The van der Waals surface area contributed by atoms with Crippen molar-refractivity contribution in [2.24, 2.45) is 0 Å². The summed E-state index contributed by atoms with van der Waals surface area (Å²) >= 11 is 0. The van der Waals surface area contributed by atoms with Crippen LogP contribution in [0.25, 0.3) is 10.9 Å². The number of rotatable bonds is 6. The minimum atomic E-state index is -0.124. The van der Waals surface area contributed by atoms with Crippen LogP contribution < -0.4 is 16.4 Å². The third-order valence-corrected chi connectivity index (χ3v) is 2.75. The lowest BCUT2D eigenvalue weighted by Crippen LogP contribution is -2.13. The van der Waals surface area contributed by atoms with Gasteiger partial charge in [0.15, 0.2) is 0 Å². The molecule has 9 heteroatoms. The number of nitrogens with zero attached hydrogens (tertiary/aromatic N) is 3. The molecular formula is C12H13N7O2. The van der Waals surface area contributed by atoms with Crippen molar-refractivity contribution in [1.82, 2.24) is 25.4 Å². The van der Waals surface area contributed by atoms with Crippen LogP contribution in [0, 0.1) is 0 Å². The highest BCUT2D eigenvalue weighted by Crippen LogP contribution is 2.13. The Labute approximate surface area is 118 Å². The van der Waals surface area contributed by atoms with Gasteiger partial charge < -0.3 is 5.32 Å². The Balaban J connectivity index is 1.47. The van der Waals surface area contributed by atoms with Gasteiger partial charge in [0.05, 0.1) is 29.9 Å². The summed E-state index contributed by atoms with van der Waals surface area (Å²) in [6.45, 7) is 0.980. The third-order valence-electron chi connectivity index (χ3n) is 2.75. The summed E-state index contributed by atoms with van der Waals surface area (Å²) in [5.74, 6) is 0.309. The molecule has 0 aliphatic heterocycles. The first-order valence-electron chi connectivity index (χ1n) is 6.29. The number of benzene rings is 1. The Bertz CT molecular complexity index is 768. The molecule has 0 fully saturated rings. The third kappa shape index (κ3) is 3.15. The van der Waals surface area contributed by atoms with Crippen molar-refractivity contribution in [1.29, 1.82) is 0 Å². The van der Waals surface area contributed by atoms with E-state index in [0.717, 1.165) is 11.2 Å². The van der Waals surface area contributed by atoms with Crippen LogP contribution in [0.2, 0.25) is 0 Å². The lowest BCUT2D eigenvalue weighted by Gasteiger charge is -2.07. The van der Waals surface area contributed by atoms with Gasteiger partial charge in [-0.1, -0.05) is 0 Å². The fraction of sp³-hybridized carbons (Fsp3) is 0.167. The van der Waals surface area contributed by atoms with Crippen LogP contribution in [-0.2, 0) is 4.84 Å². The van der Waals surface area contributed by atoms with E-state index in [9.17, 15) is 4.79 Å². The van der Waals surface area contributed by atoms with Crippen molar-refractivity contribution in [3.63, 3.8) is 0 Å². The van der Waals surface area contributed by atoms with Crippen LogP contribution in [0.4, 0.5) is 11.6 Å². The molecule has 4 N–H and O–H groups in total. The van der Waals surface area contributed by atoms with E-state index in [2.05, 4.69) is 36.2 Å². The zero-order valence-corrected chi connectivity index (χ0v) is 11.0. The van der Waals surface area contributed by atoms with Crippen LogP contribution in [0.3, 0.4) is 0 Å². The molecule has 3 aromatic rings. The van der Waals surface area contributed by atoms with Crippen molar-refractivity contribution >= 4 is 22.5 Å². The maximum Gasteiger partial charge on any atom is 0.271 e. The highest BCUT2D eigenvalue weighted by atomic mass is 16.6. The van der Waals surface area contributed by atoms with Crippen molar-refractivity contribution < 1.29 is 4.84 Å². The van der Waals surface area contributed by atoms with Gasteiger partial charge in [0, 0.05) is 12.2 Å². The van der Waals surface area contributed by atoms with E-state index in [1.165, 1.54) is 12.4 Å². The van der Waals surface area contributed by atoms with E-state index in [4.69, 9.17) is 4.84 Å². The lowest BCUT2D eigenvalue weighted by molar-refractivity contribution is 0.202. The fourth-order valence-corrected chi connectivity index (χ4v) is 1.80. The Morgan fingerprint density at radius 1 is 1.24 bits per heavy atom. The largest absolute Gasteiger partial charge is 0.383 e. The van der Waals surface area contributed by atoms with Gasteiger partial charge in [-0.2, -0.15) is 5.10 Å². The van der Waals surface area contributed by atoms with Gasteiger partial charge in [-0.05, 0) is 18.2 Å². The van der Waals surface area contributed by atoms with Crippen molar-refractivity contribution in [2.75, 3.05) is 23.9 Å². The molecule has 108 valence electrons. The highest BCUT2D eigenvalue weighted by molar-refractivity contribution is 5.81. The average Bonchev–Trinajstić information content (AvgIpc) is 2.89. The standard InChI is InChI=1S/C12H13N7O2/c20-11-9-2-1-8(7-10(9)16-17-11)13-5-6-21-19-12-14-3-4-15-18-12/h1-4,7,13H,5-6H2,(H,14,18,19)(H2,16,17,20). The second-order valence-corrected chi connectivity index (χ2v) is 4.18. The molecule has 0 amide bonds. The van der Waals surface area contributed by atoms with Crippen LogP contribution in [-0.4, -0.2) is 38.5 Å². The normalized spacial score (nSPS) is 10.7. The molecule has 3 rings (SSSR count). The first-order valence-corrected chi connectivity index (χ1v) is 6.29. The summed E-state index contributed by atoms with van der Waals surface area (Å²) in [4.78, 5) is 20.5. The van der Waals surface area contributed by atoms with Crippen molar-refractivity contribution in [3.8, 4) is 0 Å². The summed E-state index contributed by atoms with van der Waals surface area (Å²) in [6, 6.07) is 5.45. The minimum absolute atomic E-state index is 0.124. The maximum absolute atomic E-state index is 11.4. The Kier molecular flexibility index (Phi) is 3.74. The number of fused-ring (bicyclic) bond motifs is 1. The number of aromatic nitrogens is 5. The average molecular weight is 287 g/mol. The van der Waals surface area contributed by atoms with Gasteiger partial charge in [0.2, 0.25) is 0 Å². The van der Waals surface area contributed by atoms with Gasteiger partial charge in [-0.15, -0.1) is 5.10 Å². The van der Waals surface area contributed by atoms with Crippen LogP contribution in [0.5, 0.6) is 0 Å². The Morgan fingerprint density at radius 3 is 3.05 bits per heavy atom. The molecular weight excluding hydrogens is 274 g/mol. The molecule has 0 bridgehead atoms. The molecule has 0 spiro atoms. The van der Waals surface area contributed by atoms with Crippen molar-refractivity contribution in [2.45, 2.75) is 0 Å². The predicted molar refractivity (Wildman–Crippen MR) is 76.8 cm³/mol. The van der Waals surface area contributed by atoms with Crippen LogP contribution in [0.15, 0.2) is 35.4 Å². The maximum atomic E-state index is 11.4. The van der Waals surface area contributed by atoms with Crippen molar-refractivity contribution in [3.05, 3.63) is 40.9 Å². The summed E-state index contributed by atoms with van der Waals surface area (Å²) in [5.41, 5.74) is 4.11. The molecule has 0 atom stereocenters. The smallest absolute Gasteiger partial charge is 0.271 e. The quantitative estimate of drug-likeness (QED) is 0.385. The number of hydrogen-bond acceptors (Lipinski definition) is 7. The molecule has 9 nitrogen and oxygen atoms in total. The summed E-state index contributed by atoms with van der Waals surface area (Å²) < 4.78 is 0. The first kappa shape index (κ1) is 13.1. The SMILES string of the molecule is O=c1[nH][nH]c2cc(NCCONc3nccnn3)ccc12. The van der Waals surface area contributed by atoms with Crippen LogP contribution in [0.1, 0.15) is 0 Å². The number of nitrogens with one attached hydrogen (secondary N) is 4. The van der Waals surface area contributed by atoms with Gasteiger partial charge in [-0.25, -0.2) is 10.5 Å². The molecule has 2 heterocycles. The van der Waals surface area contributed by atoms with E-state index in [1.54, 1.807) is 6.07 Å². The Hall–Kier alpha value is -2.94. The molecule has 0 unspecified atom stereocenters. The molecule has 2 aromatic heterocycles. The van der Waals surface area contributed by atoms with E-state index in [-0.39, 0.29) is 5.56 Å². The zero-order valence-electron chi connectivity index (χ0n) is 11.0. The first-order chi connectivity index (χ1) is 10.3. The molecule has 0 saturated carbocycles. The molecule has 21 heavy (non-hydrogen) atoms. The fourth-order valence-electron chi connectivity index (χ4n) is 1.80. The number of anilines is 2. The monoisotopic (exact) mass is 287 g/mol.